The van der Waals surface area contributed by atoms with E-state index >= 15 is 0 Å². The predicted octanol–water partition coefficient (Wildman–Crippen LogP) is -0.425. The number of carbonyl (C=O) groups is 4. The van der Waals surface area contributed by atoms with E-state index in [0.717, 1.165) is 16.2 Å². The molecule has 1 aliphatic carbocycles. The molecular formula is C22H22N7O7S2+. The third-order valence-electron chi connectivity index (χ3n) is 6.40. The molecule has 2 amide bonds. The summed E-state index contributed by atoms with van der Waals surface area (Å²) >= 11 is 2.35. The molecule has 1 saturated carbocycles. The summed E-state index contributed by atoms with van der Waals surface area (Å²) in [6.07, 6.45) is 4.37. The molecule has 16 heteroatoms. The number of amides is 2. The van der Waals surface area contributed by atoms with E-state index in [2.05, 4.69) is 20.6 Å². The second-order valence-corrected chi connectivity index (χ2v) is 10.8. The zero-order valence-electron chi connectivity index (χ0n) is 19.6. The van der Waals surface area contributed by atoms with Crippen molar-refractivity contribution in [1.82, 2.24) is 20.3 Å². The maximum Gasteiger partial charge on any atom is 0.352 e. The number of carboxylic acid groups (broad SMARTS) is 2. The third kappa shape index (κ3) is 4.56. The van der Waals surface area contributed by atoms with Gasteiger partial charge in [-0.3, -0.25) is 14.5 Å². The highest BCUT2D eigenvalue weighted by Gasteiger charge is 2.55. The highest BCUT2D eigenvalue weighted by molar-refractivity contribution is 8.00. The first-order valence-electron chi connectivity index (χ1n) is 11.4. The first kappa shape index (κ1) is 25.6. The summed E-state index contributed by atoms with van der Waals surface area (Å²) in [5.74, 6) is -3.58. The first-order chi connectivity index (χ1) is 18.2. The number of fused-ring (bicyclic) bond motifs is 1. The number of thiazole rings is 1. The van der Waals surface area contributed by atoms with Crippen molar-refractivity contribution < 1.29 is 38.9 Å². The van der Waals surface area contributed by atoms with E-state index in [1.54, 1.807) is 29.2 Å². The fourth-order valence-corrected chi connectivity index (χ4v) is 6.12. The fourth-order valence-electron chi connectivity index (χ4n) is 4.24. The summed E-state index contributed by atoms with van der Waals surface area (Å²) in [4.78, 5) is 60.6. The number of aromatic nitrogens is 3. The van der Waals surface area contributed by atoms with E-state index in [1.807, 2.05) is 0 Å². The smallest absolute Gasteiger partial charge is 0.352 e. The number of β-lactam (4-membered cyclic amide) rings is 1. The van der Waals surface area contributed by atoms with Gasteiger partial charge in [0.1, 0.15) is 22.8 Å². The molecule has 2 aliphatic heterocycles. The molecule has 0 unspecified atom stereocenters. The van der Waals surface area contributed by atoms with Crippen LogP contribution in [-0.4, -0.2) is 77.4 Å². The van der Waals surface area contributed by atoms with Crippen LogP contribution in [0.4, 0.5) is 5.13 Å². The minimum Gasteiger partial charge on any atom is -0.478 e. The molecule has 2 atom stereocenters. The van der Waals surface area contributed by atoms with E-state index in [4.69, 9.17) is 10.6 Å². The number of nitrogens with one attached hydrogen (secondary N) is 1. The lowest BCUT2D eigenvalue weighted by atomic mass is 9.80. The van der Waals surface area contributed by atoms with Crippen molar-refractivity contribution >= 4 is 57.7 Å². The lowest BCUT2D eigenvalue weighted by Gasteiger charge is -2.49. The number of hydrogen-bond acceptors (Lipinski definition) is 11. The summed E-state index contributed by atoms with van der Waals surface area (Å²) < 4.78 is 1.57. The van der Waals surface area contributed by atoms with Crippen LogP contribution in [0.1, 0.15) is 25.0 Å². The van der Waals surface area contributed by atoms with Gasteiger partial charge in [-0.15, -0.1) is 23.1 Å². The molecule has 1 saturated heterocycles. The number of anilines is 1. The quantitative estimate of drug-likeness (QED) is 0.134. The Labute approximate surface area is 223 Å². The lowest BCUT2D eigenvalue weighted by molar-refractivity contribution is -0.746. The molecule has 2 aromatic rings. The number of aliphatic carboxylic acids is 2. The van der Waals surface area contributed by atoms with Crippen LogP contribution in [0.3, 0.4) is 0 Å². The van der Waals surface area contributed by atoms with Crippen LogP contribution in [0, 0.1) is 0 Å². The fraction of sp³-hybridized carbons (Fsp3) is 0.364. The lowest BCUT2D eigenvalue weighted by Crippen LogP contribution is -2.71. The van der Waals surface area contributed by atoms with Crippen molar-refractivity contribution in [3.8, 4) is 0 Å². The normalized spacial score (nSPS) is 22.2. The van der Waals surface area contributed by atoms with Gasteiger partial charge in [-0.05, 0) is 17.6 Å². The molecule has 14 nitrogen and oxygen atoms in total. The molecule has 3 aliphatic rings. The van der Waals surface area contributed by atoms with E-state index in [1.165, 1.54) is 17.1 Å². The largest absolute Gasteiger partial charge is 0.478 e. The van der Waals surface area contributed by atoms with Crippen molar-refractivity contribution in [2.24, 2.45) is 5.16 Å². The average Bonchev–Trinajstić information content (AvgIpc) is 3.29. The Balaban J connectivity index is 1.36. The van der Waals surface area contributed by atoms with Gasteiger partial charge in [-0.2, -0.15) is 0 Å². The molecule has 4 heterocycles. The first-order valence-corrected chi connectivity index (χ1v) is 13.4. The Morgan fingerprint density at radius 3 is 2.68 bits per heavy atom. The van der Waals surface area contributed by atoms with Gasteiger partial charge in [-0.25, -0.2) is 14.6 Å². The monoisotopic (exact) mass is 560 g/mol. The number of thioether (sulfide) groups is 1. The van der Waals surface area contributed by atoms with E-state index in [0.29, 0.717) is 17.7 Å². The molecule has 5 rings (SSSR count). The van der Waals surface area contributed by atoms with Crippen molar-refractivity contribution in [2.45, 2.75) is 42.8 Å². The molecule has 2 fully saturated rings. The second-order valence-electron chi connectivity index (χ2n) is 8.77. The number of nitrogens with two attached hydrogens (primary N) is 1. The van der Waals surface area contributed by atoms with Crippen molar-refractivity contribution in [2.75, 3.05) is 11.5 Å². The van der Waals surface area contributed by atoms with Crippen LogP contribution in [0.2, 0.25) is 0 Å². The highest BCUT2D eigenvalue weighted by Crippen LogP contribution is 2.40. The average molecular weight is 561 g/mol. The van der Waals surface area contributed by atoms with Gasteiger partial charge in [0.15, 0.2) is 23.6 Å². The maximum absolute atomic E-state index is 13.2. The zero-order valence-corrected chi connectivity index (χ0v) is 21.3. The predicted molar refractivity (Wildman–Crippen MR) is 132 cm³/mol. The highest BCUT2D eigenvalue weighted by atomic mass is 32.2. The van der Waals surface area contributed by atoms with Crippen LogP contribution in [0.5, 0.6) is 0 Å². The summed E-state index contributed by atoms with van der Waals surface area (Å²) in [7, 11) is 0. The van der Waals surface area contributed by atoms with Crippen LogP contribution in [0.25, 0.3) is 0 Å². The van der Waals surface area contributed by atoms with Crippen molar-refractivity contribution in [3.63, 3.8) is 0 Å². The molecule has 38 heavy (non-hydrogen) atoms. The minimum absolute atomic E-state index is 0.0607. The standard InChI is InChI=1S/C22H21N7O7S2/c23-21-25-12(10-38-21)13(27-36-22(20(34)35)4-3-5-22)16(30)26-14-17(31)29-15(19(32)33)11(9-37-18(14)29)8-28-7-2-1-6-24-28/h1-2,6-7,10,14,18H,3-5,8-9H2,(H4-,23,25,26,30,32,33,34,35)/p+1/t14-,18-/m1/s1. The Hall–Kier alpha value is -4.05. The van der Waals surface area contributed by atoms with E-state index in [9.17, 15) is 29.4 Å². The Morgan fingerprint density at radius 2 is 2.11 bits per heavy atom. The molecule has 198 valence electrons. The molecule has 0 aromatic carbocycles. The van der Waals surface area contributed by atoms with Gasteiger partial charge < -0.3 is 26.1 Å². The van der Waals surface area contributed by atoms with Gasteiger partial charge in [0.05, 0.1) is 6.20 Å². The molecule has 0 bridgehead atoms. The van der Waals surface area contributed by atoms with E-state index in [-0.39, 0.29) is 41.6 Å². The van der Waals surface area contributed by atoms with Crippen molar-refractivity contribution in [3.05, 3.63) is 46.9 Å². The molecule has 0 radical (unpaired) electrons. The Kier molecular flexibility index (Phi) is 6.75. The number of hydrogen-bond donors (Lipinski definition) is 4. The number of nitrogen functional groups attached to an aromatic ring is 1. The summed E-state index contributed by atoms with van der Waals surface area (Å²) in [6.45, 7) is 0.188. The van der Waals surface area contributed by atoms with Gasteiger partial charge in [-0.1, -0.05) is 9.84 Å². The maximum atomic E-state index is 13.2. The number of nitrogens with zero attached hydrogens (tertiary/aromatic N) is 5. The molecule has 0 spiro atoms. The third-order valence-corrected chi connectivity index (χ3v) is 8.42. The Morgan fingerprint density at radius 1 is 1.32 bits per heavy atom. The van der Waals surface area contributed by atoms with Gasteiger partial charge >= 0.3 is 11.9 Å². The SMILES string of the molecule is Nc1nc(C(=NOC2(C(=O)O)CCC2)C(=O)N[C@@H]2C(=O)N3C(C(=O)O)=C(C[n+]4ccccn4)CS[C@H]23)cs1. The Bertz CT molecular complexity index is 1370. The summed E-state index contributed by atoms with van der Waals surface area (Å²) in [5.41, 5.74) is 4.27. The number of carboxylic acids is 2. The van der Waals surface area contributed by atoms with Gasteiger partial charge in [0.25, 0.3) is 11.8 Å². The van der Waals surface area contributed by atoms with Crippen LogP contribution in [0.15, 0.2) is 46.3 Å². The minimum atomic E-state index is -1.53. The van der Waals surface area contributed by atoms with Crippen LogP contribution in [-0.2, 0) is 30.6 Å². The molecular weight excluding hydrogens is 538 g/mol. The number of rotatable bonds is 9. The summed E-state index contributed by atoms with van der Waals surface area (Å²) in [6, 6.07) is 2.45. The van der Waals surface area contributed by atoms with Gasteiger partial charge in [0, 0.05) is 35.6 Å². The zero-order chi connectivity index (χ0) is 27.0. The summed E-state index contributed by atoms with van der Waals surface area (Å²) in [5, 5.41) is 30.9. The van der Waals surface area contributed by atoms with Crippen LogP contribution >= 0.6 is 23.1 Å². The van der Waals surface area contributed by atoms with Crippen molar-refractivity contribution in [1.29, 1.82) is 0 Å². The van der Waals surface area contributed by atoms with Gasteiger partial charge in [0.2, 0.25) is 5.60 Å². The number of carbonyl (C=O) groups excluding carboxylic acids is 2. The second kappa shape index (κ2) is 10.0. The number of oxime groups is 1. The van der Waals surface area contributed by atoms with E-state index < -0.39 is 40.8 Å². The molecule has 2 aromatic heterocycles. The molecule has 5 N–H and O–H groups in total. The van der Waals surface area contributed by atoms with Crippen LogP contribution < -0.4 is 15.7 Å². The topological polar surface area (TPSA) is 201 Å².